The number of anilines is 2. The number of nitrogens with one attached hydrogen (secondary N) is 2. The highest BCUT2D eigenvalue weighted by molar-refractivity contribution is 7.53. The van der Waals surface area contributed by atoms with Crippen molar-refractivity contribution in [1.29, 1.82) is 0 Å². The van der Waals surface area contributed by atoms with Crippen LogP contribution in [0, 0.1) is 23.0 Å². The molecule has 2 aliphatic rings. The Bertz CT molecular complexity index is 2100. The molecule has 0 spiro atoms. The highest BCUT2D eigenvalue weighted by Gasteiger charge is 2.56. The van der Waals surface area contributed by atoms with Gasteiger partial charge in [0.1, 0.15) is 23.3 Å². The smallest absolute Gasteiger partial charge is 0.347 e. The lowest BCUT2D eigenvalue weighted by Gasteiger charge is -2.25. The van der Waals surface area contributed by atoms with E-state index in [0.717, 1.165) is 18.9 Å². The molecular weight excluding hydrogens is 753 g/mol. The summed E-state index contributed by atoms with van der Waals surface area (Å²) in [7, 11) is -2.08. The van der Waals surface area contributed by atoms with E-state index >= 15 is 4.39 Å². The van der Waals surface area contributed by atoms with Crippen LogP contribution >= 0.6 is 7.60 Å². The molecule has 2 N–H and O–H groups in total. The quantitative estimate of drug-likeness (QED) is 0.0386. The number of halogens is 2. The van der Waals surface area contributed by atoms with Crippen LogP contribution in [0.5, 0.6) is 23.0 Å². The first-order valence-corrected chi connectivity index (χ1v) is 20.0. The van der Waals surface area contributed by atoms with Crippen molar-refractivity contribution in [2.45, 2.75) is 46.0 Å². The highest BCUT2D eigenvalue weighted by Crippen LogP contribution is 2.49. The van der Waals surface area contributed by atoms with Crippen LogP contribution in [0.15, 0.2) is 66.9 Å². The number of pyridine rings is 1. The van der Waals surface area contributed by atoms with Gasteiger partial charge >= 0.3 is 13.6 Å². The Morgan fingerprint density at radius 1 is 0.875 bits per heavy atom. The van der Waals surface area contributed by atoms with Crippen LogP contribution in [0.25, 0.3) is 10.9 Å². The Balaban J connectivity index is 1.08. The molecule has 6 rings (SSSR count). The van der Waals surface area contributed by atoms with Crippen molar-refractivity contribution in [2.75, 3.05) is 50.4 Å². The number of hydrogen-bond acceptors (Lipinski definition) is 12. The molecule has 2 aliphatic carbocycles. The van der Waals surface area contributed by atoms with Gasteiger partial charge in [-0.05, 0) is 94.5 Å². The van der Waals surface area contributed by atoms with Gasteiger partial charge in [0.25, 0.3) is 0 Å². The zero-order valence-corrected chi connectivity index (χ0v) is 32.1. The third kappa shape index (κ3) is 9.98. The van der Waals surface area contributed by atoms with Crippen LogP contribution in [0.1, 0.15) is 46.0 Å². The molecule has 1 aromatic heterocycles. The molecule has 3 aromatic carbocycles. The second-order valence-electron chi connectivity index (χ2n) is 13.3. The Labute approximate surface area is 322 Å². The molecule has 56 heavy (non-hydrogen) atoms. The van der Waals surface area contributed by atoms with Gasteiger partial charge in [-0.3, -0.25) is 23.9 Å². The number of benzene rings is 3. The van der Waals surface area contributed by atoms with Crippen LogP contribution in [0.3, 0.4) is 0 Å². The first-order valence-electron chi connectivity index (χ1n) is 18.3. The van der Waals surface area contributed by atoms with E-state index in [1.165, 1.54) is 54.8 Å². The maximum Gasteiger partial charge on any atom is 0.347 e. The third-order valence-corrected chi connectivity index (χ3v) is 11.0. The lowest BCUT2D eigenvalue weighted by molar-refractivity contribution is -0.189. The zero-order chi connectivity index (χ0) is 39.9. The predicted octanol–water partition coefficient (Wildman–Crippen LogP) is 7.83. The van der Waals surface area contributed by atoms with Crippen molar-refractivity contribution in [3.05, 3.63) is 78.5 Å². The van der Waals surface area contributed by atoms with Crippen molar-refractivity contribution in [2.24, 2.45) is 11.3 Å². The van der Waals surface area contributed by atoms with Gasteiger partial charge < -0.3 is 38.7 Å². The number of hydrogen-bond donors (Lipinski definition) is 2. The number of nitrogens with zero attached hydrogens (tertiary/aromatic N) is 2. The lowest BCUT2D eigenvalue weighted by atomic mass is 10.0. The molecule has 0 saturated heterocycles. The van der Waals surface area contributed by atoms with E-state index in [1.807, 2.05) is 0 Å². The summed E-state index contributed by atoms with van der Waals surface area (Å²) in [4.78, 5) is 48.4. The van der Waals surface area contributed by atoms with Crippen LogP contribution in [-0.2, 0) is 32.8 Å². The average Bonchev–Trinajstić information content (AvgIpc) is 4.10. The standard InChI is InChI=1S/C39H43F2N4O10P/c1-4-52-56(49,53-5-2)24-45(55-36(46)25-7-8-25)19-6-20-51-35-23-31-29(22-34(35)50-3)32(15-18-42-31)54-33-14-13-28(21-30(33)41)44-38(48)39(16-17-39)37(47)43-27-11-9-26(40)10-12-27/h9-15,18,21-23,25H,4-8,16-17,19-20,24H2,1-3H3,(H,43,47)(H,44,48). The Hall–Kier alpha value is -5.15. The number of ether oxygens (including phenoxy) is 3. The fraction of sp³-hybridized carbons (Fsp3) is 0.385. The normalized spacial score (nSPS) is 14.6. The molecule has 1 heterocycles. The van der Waals surface area contributed by atoms with Gasteiger partial charge in [0.2, 0.25) is 11.8 Å². The molecule has 0 atom stereocenters. The van der Waals surface area contributed by atoms with E-state index in [-0.39, 0.29) is 61.7 Å². The summed E-state index contributed by atoms with van der Waals surface area (Å²) in [5.74, 6) is -2.04. The molecule has 2 amide bonds. The molecule has 0 bridgehead atoms. The summed E-state index contributed by atoms with van der Waals surface area (Å²) in [5, 5.41) is 7.06. The van der Waals surface area contributed by atoms with Gasteiger partial charge in [0, 0.05) is 41.6 Å². The van der Waals surface area contributed by atoms with Gasteiger partial charge in [0.05, 0.1) is 38.4 Å². The largest absolute Gasteiger partial charge is 0.493 e. The highest BCUT2D eigenvalue weighted by atomic mass is 31.2. The van der Waals surface area contributed by atoms with Crippen LogP contribution in [0.2, 0.25) is 0 Å². The monoisotopic (exact) mass is 796 g/mol. The number of aromatic nitrogens is 1. The fourth-order valence-corrected chi connectivity index (χ4v) is 7.39. The van der Waals surface area contributed by atoms with Crippen LogP contribution in [-0.4, -0.2) is 67.6 Å². The minimum absolute atomic E-state index is 0.129. The summed E-state index contributed by atoms with van der Waals surface area (Å²) >= 11 is 0. The maximum atomic E-state index is 15.4. The second kappa shape index (κ2) is 17.8. The summed E-state index contributed by atoms with van der Waals surface area (Å²) in [6.07, 6.45) is 3.76. The number of fused-ring (bicyclic) bond motifs is 1. The van der Waals surface area contributed by atoms with E-state index in [1.54, 1.807) is 32.0 Å². The minimum atomic E-state index is -3.54. The van der Waals surface area contributed by atoms with Gasteiger partial charge in [0.15, 0.2) is 23.1 Å². The van der Waals surface area contributed by atoms with Crippen LogP contribution in [0.4, 0.5) is 20.2 Å². The van der Waals surface area contributed by atoms with E-state index in [0.29, 0.717) is 47.4 Å². The molecule has 17 heteroatoms. The SMILES string of the molecule is CCOP(=O)(CN(CCCOc1cc2nccc(Oc3ccc(NC(=O)C4(C(=O)Nc5ccc(F)cc5)CC4)cc3F)c2cc1OC)OC(=O)C1CC1)OCC. The third-order valence-electron chi connectivity index (χ3n) is 9.04. The minimum Gasteiger partial charge on any atom is -0.493 e. The summed E-state index contributed by atoms with van der Waals surface area (Å²) in [5.41, 5.74) is -0.371. The first kappa shape index (κ1) is 40.5. The van der Waals surface area contributed by atoms with Crippen molar-refractivity contribution >= 4 is 47.7 Å². The van der Waals surface area contributed by atoms with E-state index in [2.05, 4.69) is 15.6 Å². The summed E-state index contributed by atoms with van der Waals surface area (Å²) in [6.45, 7) is 4.09. The van der Waals surface area contributed by atoms with Gasteiger partial charge in [-0.1, -0.05) is 0 Å². The van der Waals surface area contributed by atoms with Gasteiger partial charge in [-0.2, -0.15) is 0 Å². The van der Waals surface area contributed by atoms with E-state index in [9.17, 15) is 23.3 Å². The zero-order valence-electron chi connectivity index (χ0n) is 31.2. The number of hydroxylamine groups is 2. The Morgan fingerprint density at radius 2 is 1.55 bits per heavy atom. The molecule has 14 nitrogen and oxygen atoms in total. The van der Waals surface area contributed by atoms with Crippen LogP contribution < -0.4 is 24.8 Å². The topological polar surface area (TPSA) is 164 Å². The average molecular weight is 797 g/mol. The van der Waals surface area contributed by atoms with Crippen molar-refractivity contribution in [3.8, 4) is 23.0 Å². The number of amides is 2. The molecule has 4 aromatic rings. The molecule has 0 unspecified atom stereocenters. The van der Waals surface area contributed by atoms with Crippen molar-refractivity contribution < 1.29 is 55.8 Å². The lowest BCUT2D eigenvalue weighted by Crippen LogP contribution is -2.35. The number of carbonyl (C=O) groups is 3. The number of rotatable bonds is 20. The molecular formula is C39H43F2N4O10P. The summed E-state index contributed by atoms with van der Waals surface area (Å²) < 4.78 is 70.2. The number of methoxy groups -OCH3 is 1. The van der Waals surface area contributed by atoms with Crippen molar-refractivity contribution in [1.82, 2.24) is 10.0 Å². The molecule has 298 valence electrons. The Morgan fingerprint density at radius 3 is 2.18 bits per heavy atom. The molecule has 2 fully saturated rings. The predicted molar refractivity (Wildman–Crippen MR) is 201 cm³/mol. The fourth-order valence-electron chi connectivity index (χ4n) is 5.78. The molecule has 0 radical (unpaired) electrons. The summed E-state index contributed by atoms with van der Waals surface area (Å²) in [6, 6.07) is 14.0. The van der Waals surface area contributed by atoms with E-state index in [4.69, 9.17) is 28.1 Å². The maximum absolute atomic E-state index is 15.4. The number of carbonyl (C=O) groups excluding carboxylic acids is 3. The van der Waals surface area contributed by atoms with E-state index < -0.39 is 36.5 Å². The second-order valence-corrected chi connectivity index (χ2v) is 15.3. The molecule has 2 saturated carbocycles. The molecule has 0 aliphatic heterocycles. The Kier molecular flexibility index (Phi) is 12.8. The van der Waals surface area contributed by atoms with Gasteiger partial charge in [-0.25, -0.2) is 8.78 Å². The van der Waals surface area contributed by atoms with Gasteiger partial charge in [-0.15, -0.1) is 5.06 Å². The van der Waals surface area contributed by atoms with Crippen molar-refractivity contribution in [3.63, 3.8) is 0 Å². The first-order chi connectivity index (χ1) is 27.0.